The van der Waals surface area contributed by atoms with Gasteiger partial charge in [-0.1, -0.05) is 95.8 Å². The van der Waals surface area contributed by atoms with E-state index in [1.54, 1.807) is 6.08 Å². The standard InChI is InChI=1S/C24H17BrN2/c1-3-17(15-16(2)25)24-26-22-14-7-6-12-21(22)23(27-24)20-13-8-10-18-9-4-5-11-19(18)20/h3-15H,1-2H2. The van der Waals surface area contributed by atoms with Gasteiger partial charge < -0.3 is 0 Å². The molecule has 0 fully saturated rings. The van der Waals surface area contributed by atoms with E-state index in [2.05, 4.69) is 77.6 Å². The number of nitrogens with zero attached hydrogens (tertiary/aromatic N) is 2. The topological polar surface area (TPSA) is 25.8 Å². The van der Waals surface area contributed by atoms with Gasteiger partial charge >= 0.3 is 0 Å². The first-order chi connectivity index (χ1) is 13.2. The molecule has 0 bridgehead atoms. The van der Waals surface area contributed by atoms with Crippen LogP contribution in [0, 0.1) is 0 Å². The fraction of sp³-hybridized carbons (Fsp3) is 0. The van der Waals surface area contributed by atoms with Crippen LogP contribution in [-0.2, 0) is 0 Å². The van der Waals surface area contributed by atoms with E-state index < -0.39 is 0 Å². The number of aromatic nitrogens is 2. The first-order valence-electron chi connectivity index (χ1n) is 8.61. The second-order valence-corrected chi connectivity index (χ2v) is 7.21. The number of halogens is 1. The lowest BCUT2D eigenvalue weighted by atomic mass is 9.99. The molecular weight excluding hydrogens is 396 g/mol. The fourth-order valence-corrected chi connectivity index (χ4v) is 3.47. The summed E-state index contributed by atoms with van der Waals surface area (Å²) in [4.78, 5) is 9.69. The molecule has 0 saturated carbocycles. The molecule has 4 rings (SSSR count). The van der Waals surface area contributed by atoms with Crippen LogP contribution in [0.4, 0.5) is 0 Å². The van der Waals surface area contributed by atoms with E-state index in [9.17, 15) is 0 Å². The number of rotatable bonds is 4. The van der Waals surface area contributed by atoms with Crippen molar-refractivity contribution in [3.05, 3.63) is 102 Å². The van der Waals surface area contributed by atoms with Gasteiger partial charge in [0.2, 0.25) is 0 Å². The van der Waals surface area contributed by atoms with Crippen molar-refractivity contribution < 1.29 is 0 Å². The Bertz CT molecular complexity index is 1220. The highest BCUT2D eigenvalue weighted by atomic mass is 79.9. The van der Waals surface area contributed by atoms with Crippen LogP contribution in [0.5, 0.6) is 0 Å². The molecule has 3 aromatic carbocycles. The molecule has 130 valence electrons. The number of para-hydroxylation sites is 1. The lowest BCUT2D eigenvalue weighted by molar-refractivity contribution is 1.17. The molecule has 0 unspecified atom stereocenters. The van der Waals surface area contributed by atoms with Gasteiger partial charge in [-0.2, -0.15) is 0 Å². The second-order valence-electron chi connectivity index (χ2n) is 6.19. The minimum atomic E-state index is 0.632. The van der Waals surface area contributed by atoms with Gasteiger partial charge in [0, 0.05) is 21.0 Å². The average Bonchev–Trinajstić information content (AvgIpc) is 2.70. The summed E-state index contributed by atoms with van der Waals surface area (Å²) in [7, 11) is 0. The van der Waals surface area contributed by atoms with Crippen LogP contribution in [0.2, 0.25) is 0 Å². The maximum Gasteiger partial charge on any atom is 0.160 e. The van der Waals surface area contributed by atoms with Crippen LogP contribution in [0.3, 0.4) is 0 Å². The molecule has 0 spiro atoms. The molecule has 0 atom stereocenters. The summed E-state index contributed by atoms with van der Waals surface area (Å²) < 4.78 is 0.751. The average molecular weight is 413 g/mol. The molecule has 0 N–H and O–H groups in total. The molecule has 0 aliphatic heterocycles. The fourth-order valence-electron chi connectivity index (χ4n) is 3.23. The van der Waals surface area contributed by atoms with E-state index in [1.807, 2.05) is 24.3 Å². The maximum absolute atomic E-state index is 4.93. The van der Waals surface area contributed by atoms with Gasteiger partial charge in [-0.3, -0.25) is 0 Å². The van der Waals surface area contributed by atoms with Crippen LogP contribution >= 0.6 is 15.9 Å². The van der Waals surface area contributed by atoms with Gasteiger partial charge in [0.1, 0.15) is 0 Å². The Morgan fingerprint density at radius 1 is 0.852 bits per heavy atom. The van der Waals surface area contributed by atoms with E-state index in [0.29, 0.717) is 5.82 Å². The number of benzene rings is 3. The van der Waals surface area contributed by atoms with Crippen LogP contribution in [-0.4, -0.2) is 9.97 Å². The maximum atomic E-state index is 4.93. The number of allylic oxidation sites excluding steroid dienone is 4. The van der Waals surface area contributed by atoms with Gasteiger partial charge in [0.25, 0.3) is 0 Å². The molecule has 0 aliphatic rings. The highest BCUT2D eigenvalue weighted by Crippen LogP contribution is 2.33. The molecular formula is C24H17BrN2. The Labute approximate surface area is 166 Å². The third kappa shape index (κ3) is 3.34. The summed E-state index contributed by atoms with van der Waals surface area (Å²) in [6.07, 6.45) is 3.63. The van der Waals surface area contributed by atoms with Gasteiger partial charge in [-0.25, -0.2) is 9.97 Å². The highest BCUT2D eigenvalue weighted by Gasteiger charge is 2.13. The zero-order valence-electron chi connectivity index (χ0n) is 14.7. The minimum absolute atomic E-state index is 0.632. The van der Waals surface area contributed by atoms with Crippen LogP contribution in [0.15, 0.2) is 96.5 Å². The van der Waals surface area contributed by atoms with Crippen molar-refractivity contribution >= 4 is 43.2 Å². The van der Waals surface area contributed by atoms with Crippen LogP contribution in [0.25, 0.3) is 38.5 Å². The number of hydrogen-bond donors (Lipinski definition) is 0. The third-order valence-corrected chi connectivity index (χ3v) is 4.67. The molecule has 4 aromatic rings. The second kappa shape index (κ2) is 7.29. The quantitative estimate of drug-likeness (QED) is 0.339. The molecule has 1 heterocycles. The van der Waals surface area contributed by atoms with Gasteiger partial charge in [0.15, 0.2) is 5.82 Å². The summed E-state index contributed by atoms with van der Waals surface area (Å²) in [5.41, 5.74) is 3.73. The van der Waals surface area contributed by atoms with Crippen molar-refractivity contribution in [1.82, 2.24) is 9.97 Å². The van der Waals surface area contributed by atoms with Crippen molar-refractivity contribution in [3.8, 4) is 11.3 Å². The van der Waals surface area contributed by atoms with E-state index in [0.717, 1.165) is 32.2 Å². The van der Waals surface area contributed by atoms with E-state index in [-0.39, 0.29) is 0 Å². The SMILES string of the molecule is C=CC(=CC(=C)Br)c1nc(-c2cccc3ccccc23)c2ccccc2n1. The smallest absolute Gasteiger partial charge is 0.160 e. The van der Waals surface area contributed by atoms with Crippen molar-refractivity contribution in [2.24, 2.45) is 0 Å². The van der Waals surface area contributed by atoms with Gasteiger partial charge in [-0.05, 0) is 22.9 Å². The zero-order valence-corrected chi connectivity index (χ0v) is 16.3. The Balaban J connectivity index is 2.08. The summed E-state index contributed by atoms with van der Waals surface area (Å²) in [6.45, 7) is 7.80. The summed E-state index contributed by atoms with van der Waals surface area (Å²) >= 11 is 3.38. The Morgan fingerprint density at radius 2 is 1.56 bits per heavy atom. The molecule has 3 heteroatoms. The van der Waals surface area contributed by atoms with E-state index in [4.69, 9.17) is 9.97 Å². The minimum Gasteiger partial charge on any atom is -0.228 e. The van der Waals surface area contributed by atoms with Crippen molar-refractivity contribution in [2.75, 3.05) is 0 Å². The first kappa shape index (κ1) is 17.4. The Hall–Kier alpha value is -3.04. The monoisotopic (exact) mass is 412 g/mol. The molecule has 0 saturated heterocycles. The zero-order chi connectivity index (χ0) is 18.8. The predicted octanol–water partition coefficient (Wildman–Crippen LogP) is 6.93. The number of hydrogen-bond acceptors (Lipinski definition) is 2. The largest absolute Gasteiger partial charge is 0.228 e. The molecule has 0 amide bonds. The normalized spacial score (nSPS) is 11.7. The third-order valence-electron chi connectivity index (χ3n) is 4.44. The van der Waals surface area contributed by atoms with Crippen molar-refractivity contribution in [2.45, 2.75) is 0 Å². The highest BCUT2D eigenvalue weighted by molar-refractivity contribution is 9.11. The Morgan fingerprint density at radius 3 is 2.33 bits per heavy atom. The van der Waals surface area contributed by atoms with Crippen molar-refractivity contribution in [1.29, 1.82) is 0 Å². The summed E-state index contributed by atoms with van der Waals surface area (Å²) in [5, 5.41) is 3.38. The van der Waals surface area contributed by atoms with E-state index >= 15 is 0 Å². The first-order valence-corrected chi connectivity index (χ1v) is 9.40. The predicted molar refractivity (Wildman–Crippen MR) is 119 cm³/mol. The number of fused-ring (bicyclic) bond motifs is 2. The molecule has 27 heavy (non-hydrogen) atoms. The lowest BCUT2D eigenvalue weighted by Crippen LogP contribution is -1.98. The summed E-state index contributed by atoms with van der Waals surface area (Å²) in [5.74, 6) is 0.632. The van der Waals surface area contributed by atoms with Gasteiger partial charge in [0.05, 0.1) is 11.2 Å². The molecule has 2 nitrogen and oxygen atoms in total. The molecule has 1 aromatic heterocycles. The van der Waals surface area contributed by atoms with Gasteiger partial charge in [-0.15, -0.1) is 0 Å². The Kier molecular flexibility index (Phi) is 4.69. The lowest BCUT2D eigenvalue weighted by Gasteiger charge is -2.12. The van der Waals surface area contributed by atoms with Crippen LogP contribution < -0.4 is 0 Å². The van der Waals surface area contributed by atoms with Crippen molar-refractivity contribution in [3.63, 3.8) is 0 Å². The van der Waals surface area contributed by atoms with Crippen LogP contribution in [0.1, 0.15) is 5.82 Å². The summed E-state index contributed by atoms with van der Waals surface area (Å²) in [6, 6.07) is 22.7. The molecule has 0 radical (unpaired) electrons. The molecule has 0 aliphatic carbocycles. The van der Waals surface area contributed by atoms with E-state index in [1.165, 1.54) is 10.8 Å².